The zero-order valence-corrected chi connectivity index (χ0v) is 13.7. The van der Waals surface area contributed by atoms with Gasteiger partial charge in [-0.15, -0.1) is 0 Å². The normalized spacial score (nSPS) is 14.5. The highest BCUT2D eigenvalue weighted by Gasteiger charge is 2.26. The summed E-state index contributed by atoms with van der Waals surface area (Å²) in [5, 5.41) is 3.25. The van der Waals surface area contributed by atoms with Crippen LogP contribution in [0.1, 0.15) is 19.4 Å². The first-order valence-electron chi connectivity index (χ1n) is 7.31. The van der Waals surface area contributed by atoms with E-state index in [2.05, 4.69) is 5.32 Å². The Labute approximate surface area is 127 Å². The number of ether oxygens (including phenoxy) is 1. The van der Waals surface area contributed by atoms with Gasteiger partial charge >= 0.3 is 0 Å². The van der Waals surface area contributed by atoms with Gasteiger partial charge in [-0.2, -0.15) is 4.31 Å². The number of benzene rings is 1. The fourth-order valence-corrected chi connectivity index (χ4v) is 4.14. The third-order valence-corrected chi connectivity index (χ3v) is 5.40. The number of fused-ring (bicyclic) bond motifs is 1. The molecule has 5 nitrogen and oxygen atoms in total. The molecule has 1 aliphatic heterocycles. The standard InChI is InChI=1S/C15H24N2O3S/c1-12(2)11-17(8-9-20-3)21(18,19)14-4-5-15-13(10-14)6-7-16-15/h4-5,10,12,16H,6-9,11H2,1-3H3. The Bertz CT molecular complexity index is 585. The highest BCUT2D eigenvalue weighted by atomic mass is 32.2. The maximum Gasteiger partial charge on any atom is 0.243 e. The summed E-state index contributed by atoms with van der Waals surface area (Å²) in [6.45, 7) is 6.19. The van der Waals surface area contributed by atoms with Crippen LogP contribution < -0.4 is 5.32 Å². The van der Waals surface area contributed by atoms with Crippen LogP contribution in [0.5, 0.6) is 0 Å². The van der Waals surface area contributed by atoms with Gasteiger partial charge in [-0.05, 0) is 36.1 Å². The average molecular weight is 312 g/mol. The minimum atomic E-state index is -3.46. The molecule has 6 heteroatoms. The van der Waals surface area contributed by atoms with Gasteiger partial charge in [-0.1, -0.05) is 13.8 Å². The molecule has 1 aromatic rings. The molecule has 0 radical (unpaired) electrons. The number of rotatable bonds is 7. The van der Waals surface area contributed by atoms with Crippen molar-refractivity contribution in [1.82, 2.24) is 4.31 Å². The lowest BCUT2D eigenvalue weighted by atomic mass is 10.2. The van der Waals surface area contributed by atoms with Gasteiger partial charge in [0.1, 0.15) is 0 Å². The van der Waals surface area contributed by atoms with Crippen molar-refractivity contribution in [3.05, 3.63) is 23.8 Å². The number of nitrogens with zero attached hydrogens (tertiary/aromatic N) is 1. The maximum atomic E-state index is 12.8. The van der Waals surface area contributed by atoms with Gasteiger partial charge in [0.15, 0.2) is 0 Å². The Balaban J connectivity index is 2.28. The van der Waals surface area contributed by atoms with E-state index in [4.69, 9.17) is 4.74 Å². The Kier molecular flexibility index (Phi) is 5.24. The highest BCUT2D eigenvalue weighted by Crippen LogP contribution is 2.27. The lowest BCUT2D eigenvalue weighted by Crippen LogP contribution is -2.36. The zero-order chi connectivity index (χ0) is 15.5. The van der Waals surface area contributed by atoms with Crippen LogP contribution in [0.15, 0.2) is 23.1 Å². The summed E-state index contributed by atoms with van der Waals surface area (Å²) >= 11 is 0. The molecule has 0 bridgehead atoms. The third kappa shape index (κ3) is 3.75. The molecule has 0 saturated carbocycles. The van der Waals surface area contributed by atoms with Gasteiger partial charge in [-0.3, -0.25) is 0 Å². The third-order valence-electron chi connectivity index (χ3n) is 3.54. The second-order valence-electron chi connectivity index (χ2n) is 5.75. The Morgan fingerprint density at radius 3 is 2.81 bits per heavy atom. The van der Waals surface area contributed by atoms with Crippen LogP contribution >= 0.6 is 0 Å². The number of methoxy groups -OCH3 is 1. The lowest BCUT2D eigenvalue weighted by Gasteiger charge is -2.24. The fourth-order valence-electron chi connectivity index (χ4n) is 2.50. The predicted molar refractivity (Wildman–Crippen MR) is 84.1 cm³/mol. The summed E-state index contributed by atoms with van der Waals surface area (Å²) in [5.74, 6) is 0.271. The molecule has 0 aliphatic carbocycles. The van der Waals surface area contributed by atoms with Gasteiger partial charge < -0.3 is 10.1 Å². The SMILES string of the molecule is COCCN(CC(C)C)S(=O)(=O)c1ccc2c(c1)CCN2. The molecule has 0 atom stereocenters. The van der Waals surface area contributed by atoms with E-state index in [1.807, 2.05) is 19.9 Å². The van der Waals surface area contributed by atoms with Crippen LogP contribution in [-0.2, 0) is 21.2 Å². The summed E-state index contributed by atoms with van der Waals surface area (Å²) in [6.07, 6.45) is 0.876. The molecule has 1 N–H and O–H groups in total. The van der Waals surface area contributed by atoms with E-state index in [0.717, 1.165) is 24.2 Å². The van der Waals surface area contributed by atoms with Crippen LogP contribution in [0.2, 0.25) is 0 Å². The van der Waals surface area contributed by atoms with Crippen molar-refractivity contribution < 1.29 is 13.2 Å². The molecule has 0 amide bonds. The molecule has 0 saturated heterocycles. The first-order valence-corrected chi connectivity index (χ1v) is 8.75. The fraction of sp³-hybridized carbons (Fsp3) is 0.600. The van der Waals surface area contributed by atoms with E-state index >= 15 is 0 Å². The molecule has 2 rings (SSSR count). The van der Waals surface area contributed by atoms with Gasteiger partial charge in [0.05, 0.1) is 11.5 Å². The van der Waals surface area contributed by atoms with Crippen molar-refractivity contribution in [2.75, 3.05) is 38.7 Å². The molecule has 1 aromatic carbocycles. The van der Waals surface area contributed by atoms with Crippen molar-refractivity contribution in [2.24, 2.45) is 5.92 Å². The summed E-state index contributed by atoms with van der Waals surface area (Å²) < 4.78 is 32.2. The lowest BCUT2D eigenvalue weighted by molar-refractivity contribution is 0.175. The molecule has 0 aromatic heterocycles. The van der Waals surface area contributed by atoms with E-state index in [0.29, 0.717) is 24.6 Å². The summed E-state index contributed by atoms with van der Waals surface area (Å²) in [7, 11) is -1.88. The molecule has 0 spiro atoms. The maximum absolute atomic E-state index is 12.8. The van der Waals surface area contributed by atoms with Crippen LogP contribution in [0.4, 0.5) is 5.69 Å². The number of hydrogen-bond donors (Lipinski definition) is 1. The summed E-state index contributed by atoms with van der Waals surface area (Å²) in [6, 6.07) is 5.34. The minimum absolute atomic E-state index is 0.271. The van der Waals surface area contributed by atoms with Gasteiger partial charge in [0.2, 0.25) is 10.0 Å². The van der Waals surface area contributed by atoms with Crippen molar-refractivity contribution in [2.45, 2.75) is 25.2 Å². The van der Waals surface area contributed by atoms with Crippen LogP contribution in [0.25, 0.3) is 0 Å². The van der Waals surface area contributed by atoms with Crippen molar-refractivity contribution in [3.63, 3.8) is 0 Å². The van der Waals surface area contributed by atoms with E-state index in [1.54, 1.807) is 19.2 Å². The summed E-state index contributed by atoms with van der Waals surface area (Å²) in [4.78, 5) is 0.377. The Morgan fingerprint density at radius 1 is 1.38 bits per heavy atom. The number of anilines is 1. The molecule has 1 aliphatic rings. The van der Waals surface area contributed by atoms with E-state index in [-0.39, 0.29) is 5.92 Å². The monoisotopic (exact) mass is 312 g/mol. The number of hydrogen-bond acceptors (Lipinski definition) is 4. The second kappa shape index (κ2) is 6.77. The van der Waals surface area contributed by atoms with Crippen LogP contribution in [0, 0.1) is 5.92 Å². The summed E-state index contributed by atoms with van der Waals surface area (Å²) in [5.41, 5.74) is 2.12. The van der Waals surface area contributed by atoms with Gasteiger partial charge in [0.25, 0.3) is 0 Å². The van der Waals surface area contributed by atoms with Gasteiger partial charge in [-0.25, -0.2) is 8.42 Å². The van der Waals surface area contributed by atoms with Gasteiger partial charge in [0, 0.05) is 32.4 Å². The molecule has 118 valence electrons. The van der Waals surface area contributed by atoms with Crippen LogP contribution in [0.3, 0.4) is 0 Å². The molecular weight excluding hydrogens is 288 g/mol. The van der Waals surface area contributed by atoms with E-state index < -0.39 is 10.0 Å². The molecular formula is C15H24N2O3S. The number of sulfonamides is 1. The Morgan fingerprint density at radius 2 is 2.14 bits per heavy atom. The topological polar surface area (TPSA) is 58.6 Å². The first kappa shape index (κ1) is 16.3. The predicted octanol–water partition coefficient (Wildman–Crippen LogP) is 1.95. The van der Waals surface area contributed by atoms with Crippen molar-refractivity contribution >= 4 is 15.7 Å². The van der Waals surface area contributed by atoms with E-state index in [9.17, 15) is 8.42 Å². The smallest absolute Gasteiger partial charge is 0.243 e. The quantitative estimate of drug-likeness (QED) is 0.836. The minimum Gasteiger partial charge on any atom is -0.384 e. The Hall–Kier alpha value is -1.11. The second-order valence-corrected chi connectivity index (χ2v) is 7.68. The molecule has 21 heavy (non-hydrogen) atoms. The van der Waals surface area contributed by atoms with Crippen molar-refractivity contribution in [1.29, 1.82) is 0 Å². The van der Waals surface area contributed by atoms with Crippen molar-refractivity contribution in [3.8, 4) is 0 Å². The van der Waals surface area contributed by atoms with E-state index in [1.165, 1.54) is 4.31 Å². The molecule has 0 unspecified atom stereocenters. The number of nitrogens with one attached hydrogen (secondary N) is 1. The highest BCUT2D eigenvalue weighted by molar-refractivity contribution is 7.89. The largest absolute Gasteiger partial charge is 0.384 e. The average Bonchev–Trinajstić information content (AvgIpc) is 2.90. The van der Waals surface area contributed by atoms with Crippen LogP contribution in [-0.4, -0.2) is 46.1 Å². The molecule has 0 fully saturated rings. The zero-order valence-electron chi connectivity index (χ0n) is 12.9. The first-order chi connectivity index (χ1) is 9.95. The molecule has 1 heterocycles.